The van der Waals surface area contributed by atoms with E-state index in [1.165, 1.54) is 16.7 Å². The van der Waals surface area contributed by atoms with Gasteiger partial charge in [-0.25, -0.2) is 0 Å². The first-order valence-corrected chi connectivity index (χ1v) is 8.58. The van der Waals surface area contributed by atoms with Crippen LogP contribution in [0, 0.1) is 6.92 Å². The second-order valence-corrected chi connectivity index (χ2v) is 6.43. The Bertz CT molecular complexity index is 949. The van der Waals surface area contributed by atoms with Gasteiger partial charge in [0.25, 0.3) is 11.8 Å². The SMILES string of the molecule is Cc1ccccc1-n1nnnc1SCN1C(=O)c2ccccc2C1=O. The van der Waals surface area contributed by atoms with E-state index in [1.54, 1.807) is 28.9 Å². The van der Waals surface area contributed by atoms with Crippen LogP contribution in [0.1, 0.15) is 26.3 Å². The summed E-state index contributed by atoms with van der Waals surface area (Å²) in [5.41, 5.74) is 2.76. The minimum absolute atomic E-state index is 0.151. The molecule has 0 unspecified atom stereocenters. The summed E-state index contributed by atoms with van der Waals surface area (Å²) in [5.74, 6) is -0.426. The number of aryl methyl sites for hydroxylation is 1. The number of tetrazole rings is 1. The number of amides is 2. The molecule has 0 saturated heterocycles. The summed E-state index contributed by atoms with van der Waals surface area (Å²) < 4.78 is 1.61. The van der Waals surface area contributed by atoms with E-state index in [4.69, 9.17) is 0 Å². The number of nitrogens with zero attached hydrogens (tertiary/aromatic N) is 5. The maximum Gasteiger partial charge on any atom is 0.262 e. The third kappa shape index (κ3) is 2.60. The van der Waals surface area contributed by atoms with Gasteiger partial charge in [-0.1, -0.05) is 42.1 Å². The third-order valence-electron chi connectivity index (χ3n) is 3.99. The number of para-hydroxylation sites is 1. The molecule has 0 spiro atoms. The highest BCUT2D eigenvalue weighted by molar-refractivity contribution is 7.99. The standard InChI is InChI=1S/C17H13N5O2S/c1-11-6-2-5-9-14(11)22-17(18-19-20-22)25-10-21-15(23)12-7-3-4-8-13(12)16(21)24/h2-9H,10H2,1H3. The molecule has 3 aromatic rings. The summed E-state index contributed by atoms with van der Waals surface area (Å²) >= 11 is 1.24. The minimum atomic E-state index is -0.289. The number of fused-ring (bicyclic) bond motifs is 1. The van der Waals surface area contributed by atoms with Gasteiger partial charge in [-0.3, -0.25) is 14.5 Å². The van der Waals surface area contributed by atoms with Gasteiger partial charge in [0.15, 0.2) is 0 Å². The molecule has 25 heavy (non-hydrogen) atoms. The fourth-order valence-electron chi connectivity index (χ4n) is 2.70. The van der Waals surface area contributed by atoms with Crippen molar-refractivity contribution in [3.63, 3.8) is 0 Å². The Morgan fingerprint density at radius 1 is 0.960 bits per heavy atom. The lowest BCUT2D eigenvalue weighted by Gasteiger charge is -2.13. The number of imide groups is 1. The second-order valence-electron chi connectivity index (χ2n) is 5.52. The lowest BCUT2D eigenvalue weighted by molar-refractivity contribution is 0.0684. The van der Waals surface area contributed by atoms with Gasteiger partial charge in [-0.15, -0.1) is 5.10 Å². The molecule has 0 bridgehead atoms. The maximum atomic E-state index is 12.4. The van der Waals surface area contributed by atoms with Crippen LogP contribution in [0.25, 0.3) is 5.69 Å². The van der Waals surface area contributed by atoms with Crippen LogP contribution >= 0.6 is 11.8 Å². The van der Waals surface area contributed by atoms with E-state index in [2.05, 4.69) is 15.5 Å². The summed E-state index contributed by atoms with van der Waals surface area (Å²) in [6.07, 6.45) is 0. The molecule has 0 radical (unpaired) electrons. The molecule has 2 aromatic carbocycles. The van der Waals surface area contributed by atoms with Gasteiger partial charge in [0, 0.05) is 0 Å². The van der Waals surface area contributed by atoms with Crippen molar-refractivity contribution in [3.8, 4) is 5.69 Å². The third-order valence-corrected chi connectivity index (χ3v) is 4.89. The van der Waals surface area contributed by atoms with Crippen LogP contribution in [-0.4, -0.2) is 42.8 Å². The second kappa shape index (κ2) is 6.14. The zero-order chi connectivity index (χ0) is 17.4. The molecule has 1 aliphatic heterocycles. The van der Waals surface area contributed by atoms with Crippen LogP contribution in [0.4, 0.5) is 0 Å². The molecule has 0 saturated carbocycles. The monoisotopic (exact) mass is 351 g/mol. The molecule has 2 amide bonds. The van der Waals surface area contributed by atoms with E-state index in [9.17, 15) is 9.59 Å². The molecule has 0 atom stereocenters. The Hall–Kier alpha value is -3.00. The average molecular weight is 351 g/mol. The van der Waals surface area contributed by atoms with E-state index in [0.29, 0.717) is 16.3 Å². The van der Waals surface area contributed by atoms with Crippen molar-refractivity contribution in [3.05, 3.63) is 65.2 Å². The van der Waals surface area contributed by atoms with Gasteiger partial charge in [-0.05, 0) is 41.1 Å². The summed E-state index contributed by atoms with van der Waals surface area (Å²) in [5, 5.41) is 12.3. The molecular weight excluding hydrogens is 338 g/mol. The number of hydrogen-bond donors (Lipinski definition) is 0. The maximum absolute atomic E-state index is 12.4. The molecule has 0 fully saturated rings. The van der Waals surface area contributed by atoms with E-state index >= 15 is 0 Å². The van der Waals surface area contributed by atoms with Crippen molar-refractivity contribution in [2.24, 2.45) is 0 Å². The first-order valence-electron chi connectivity index (χ1n) is 7.59. The summed E-state index contributed by atoms with van der Waals surface area (Å²) in [6.45, 7) is 1.97. The van der Waals surface area contributed by atoms with Crippen LogP contribution in [0.3, 0.4) is 0 Å². The molecule has 4 rings (SSSR count). The quantitative estimate of drug-likeness (QED) is 0.530. The smallest absolute Gasteiger partial charge is 0.262 e. The zero-order valence-corrected chi connectivity index (χ0v) is 14.1. The summed E-state index contributed by atoms with van der Waals surface area (Å²) in [6, 6.07) is 14.6. The van der Waals surface area contributed by atoms with Crippen LogP contribution in [0.15, 0.2) is 53.7 Å². The van der Waals surface area contributed by atoms with Crippen LogP contribution < -0.4 is 0 Å². The number of aromatic nitrogens is 4. The number of carbonyl (C=O) groups excluding carboxylic acids is 2. The molecule has 0 aliphatic carbocycles. The lowest BCUT2D eigenvalue weighted by Crippen LogP contribution is -2.29. The Kier molecular flexibility index (Phi) is 3.81. The highest BCUT2D eigenvalue weighted by atomic mass is 32.2. The van der Waals surface area contributed by atoms with Crippen LogP contribution in [0.2, 0.25) is 0 Å². The molecule has 7 nitrogen and oxygen atoms in total. The minimum Gasteiger partial charge on any atom is -0.269 e. The molecule has 2 heterocycles. The summed E-state index contributed by atoms with van der Waals surface area (Å²) in [7, 11) is 0. The first kappa shape index (κ1) is 15.5. The van der Waals surface area contributed by atoms with Crippen molar-refractivity contribution in [1.82, 2.24) is 25.1 Å². The van der Waals surface area contributed by atoms with Gasteiger partial charge >= 0.3 is 0 Å². The first-order chi connectivity index (χ1) is 12.2. The number of thioether (sulfide) groups is 1. The van der Waals surface area contributed by atoms with E-state index in [-0.39, 0.29) is 17.7 Å². The highest BCUT2D eigenvalue weighted by Gasteiger charge is 2.35. The van der Waals surface area contributed by atoms with Crippen molar-refractivity contribution < 1.29 is 9.59 Å². The molecule has 8 heteroatoms. The Balaban J connectivity index is 1.56. The van der Waals surface area contributed by atoms with Gasteiger partial charge < -0.3 is 0 Å². The Morgan fingerprint density at radius 3 is 2.28 bits per heavy atom. The normalized spacial score (nSPS) is 13.4. The van der Waals surface area contributed by atoms with Crippen LogP contribution in [0.5, 0.6) is 0 Å². The highest BCUT2D eigenvalue weighted by Crippen LogP contribution is 2.27. The number of benzene rings is 2. The number of carbonyl (C=O) groups is 2. The van der Waals surface area contributed by atoms with Crippen molar-refractivity contribution in [2.75, 3.05) is 5.88 Å². The van der Waals surface area contributed by atoms with Crippen molar-refractivity contribution in [2.45, 2.75) is 12.1 Å². The average Bonchev–Trinajstić information content (AvgIpc) is 3.18. The largest absolute Gasteiger partial charge is 0.269 e. The number of hydrogen-bond acceptors (Lipinski definition) is 6. The van der Waals surface area contributed by atoms with E-state index in [0.717, 1.165) is 11.3 Å². The number of rotatable bonds is 4. The van der Waals surface area contributed by atoms with E-state index in [1.807, 2.05) is 31.2 Å². The lowest BCUT2D eigenvalue weighted by atomic mass is 10.1. The van der Waals surface area contributed by atoms with E-state index < -0.39 is 0 Å². The predicted octanol–water partition coefficient (Wildman–Crippen LogP) is 2.32. The van der Waals surface area contributed by atoms with Gasteiger partial charge in [0.05, 0.1) is 22.7 Å². The fraction of sp³-hybridized carbons (Fsp3) is 0.118. The van der Waals surface area contributed by atoms with Crippen LogP contribution in [-0.2, 0) is 0 Å². The molecule has 1 aromatic heterocycles. The van der Waals surface area contributed by atoms with Gasteiger partial charge in [0.1, 0.15) is 0 Å². The van der Waals surface area contributed by atoms with Gasteiger partial charge in [-0.2, -0.15) is 4.68 Å². The Labute approximate surface area is 147 Å². The molecule has 1 aliphatic rings. The zero-order valence-electron chi connectivity index (χ0n) is 13.3. The molecule has 0 N–H and O–H groups in total. The van der Waals surface area contributed by atoms with Crippen molar-refractivity contribution in [1.29, 1.82) is 0 Å². The Morgan fingerprint density at radius 2 is 1.60 bits per heavy atom. The molecule has 124 valence electrons. The predicted molar refractivity (Wildman–Crippen MR) is 91.6 cm³/mol. The summed E-state index contributed by atoms with van der Waals surface area (Å²) in [4.78, 5) is 26.0. The molecular formula is C17H13N5O2S. The van der Waals surface area contributed by atoms with Crippen molar-refractivity contribution >= 4 is 23.6 Å². The topological polar surface area (TPSA) is 81.0 Å². The fourth-order valence-corrected chi connectivity index (χ4v) is 3.53. The van der Waals surface area contributed by atoms with Gasteiger partial charge in [0.2, 0.25) is 5.16 Å².